The van der Waals surface area contributed by atoms with Crippen molar-refractivity contribution in [1.82, 2.24) is 15.0 Å². The van der Waals surface area contributed by atoms with Crippen molar-refractivity contribution in [2.24, 2.45) is 5.92 Å². The largest absolute Gasteiger partial charge is 0.391 e. The zero-order chi connectivity index (χ0) is 18.0. The van der Waals surface area contributed by atoms with Crippen LogP contribution in [0.2, 0.25) is 0 Å². The maximum atomic E-state index is 12.7. The molecule has 5 nitrogen and oxygen atoms in total. The topological polar surface area (TPSA) is 59.2 Å². The van der Waals surface area contributed by atoms with E-state index < -0.39 is 12.1 Å². The van der Waals surface area contributed by atoms with Crippen LogP contribution in [0.4, 0.5) is 13.2 Å². The Morgan fingerprint density at radius 2 is 2.00 bits per heavy atom. The number of amides is 1. The number of aromatic nitrogens is 2. The van der Waals surface area contributed by atoms with Crippen molar-refractivity contribution >= 4 is 5.91 Å². The van der Waals surface area contributed by atoms with Crippen molar-refractivity contribution in [2.75, 3.05) is 7.05 Å². The van der Waals surface area contributed by atoms with E-state index in [9.17, 15) is 18.0 Å². The number of halogens is 3. The molecule has 134 valence electrons. The van der Waals surface area contributed by atoms with Crippen molar-refractivity contribution in [1.29, 1.82) is 0 Å². The lowest BCUT2D eigenvalue weighted by Gasteiger charge is -2.34. The minimum atomic E-state index is -4.15. The molecule has 0 atom stereocenters. The smallest absolute Gasteiger partial charge is 0.355 e. The molecule has 2 heterocycles. The van der Waals surface area contributed by atoms with Gasteiger partial charge in [0.15, 0.2) is 11.5 Å². The van der Waals surface area contributed by atoms with E-state index in [1.165, 1.54) is 11.0 Å². The molecule has 1 aliphatic carbocycles. The number of carbonyl (C=O) groups is 1. The normalized spacial score (nSPS) is 21.1. The number of rotatable bonds is 3. The van der Waals surface area contributed by atoms with E-state index in [1.807, 2.05) is 0 Å². The summed E-state index contributed by atoms with van der Waals surface area (Å²) in [6.07, 6.45) is -0.178. The fourth-order valence-corrected chi connectivity index (χ4v) is 3.16. The molecular formula is C17H18F3N3O2. The van der Waals surface area contributed by atoms with Gasteiger partial charge in [0.25, 0.3) is 5.91 Å². The lowest BCUT2D eigenvalue weighted by Crippen LogP contribution is -2.41. The Morgan fingerprint density at radius 1 is 1.28 bits per heavy atom. The van der Waals surface area contributed by atoms with Gasteiger partial charge >= 0.3 is 6.18 Å². The van der Waals surface area contributed by atoms with Gasteiger partial charge in [0.1, 0.15) is 0 Å². The molecule has 0 saturated heterocycles. The third-order valence-corrected chi connectivity index (χ3v) is 4.70. The first-order valence-corrected chi connectivity index (χ1v) is 8.07. The molecule has 0 aromatic carbocycles. The molecule has 8 heteroatoms. The van der Waals surface area contributed by atoms with Crippen LogP contribution in [-0.2, 0) is 0 Å². The molecule has 0 bridgehead atoms. The van der Waals surface area contributed by atoms with Crippen LogP contribution in [0.3, 0.4) is 0 Å². The fraction of sp³-hybridized carbons (Fsp3) is 0.471. The maximum absolute atomic E-state index is 12.7. The van der Waals surface area contributed by atoms with Gasteiger partial charge in [-0.25, -0.2) is 0 Å². The number of hydrogen-bond acceptors (Lipinski definition) is 4. The molecule has 1 aliphatic rings. The monoisotopic (exact) mass is 353 g/mol. The minimum absolute atomic E-state index is 0.0472. The Balaban J connectivity index is 1.65. The van der Waals surface area contributed by atoms with Crippen LogP contribution >= 0.6 is 0 Å². The van der Waals surface area contributed by atoms with Crippen LogP contribution in [0.1, 0.15) is 36.2 Å². The van der Waals surface area contributed by atoms with Gasteiger partial charge < -0.3 is 9.42 Å². The van der Waals surface area contributed by atoms with Gasteiger partial charge in [0.2, 0.25) is 0 Å². The van der Waals surface area contributed by atoms with Gasteiger partial charge in [-0.1, -0.05) is 5.16 Å². The number of nitrogens with zero attached hydrogens (tertiary/aromatic N) is 3. The Kier molecular flexibility index (Phi) is 4.78. The maximum Gasteiger partial charge on any atom is 0.391 e. The van der Waals surface area contributed by atoms with Crippen molar-refractivity contribution in [3.05, 3.63) is 36.3 Å². The predicted octanol–water partition coefficient (Wildman–Crippen LogP) is 3.93. The summed E-state index contributed by atoms with van der Waals surface area (Å²) in [5.41, 5.74) is 0.835. The SMILES string of the molecule is CN(C(=O)c1cc(-c2cccnc2)on1)C1CCC(C(F)(F)F)CC1. The molecular weight excluding hydrogens is 335 g/mol. The van der Waals surface area contributed by atoms with Crippen LogP contribution in [0.25, 0.3) is 11.3 Å². The molecule has 3 rings (SSSR count). The molecule has 1 amide bonds. The van der Waals surface area contributed by atoms with E-state index in [4.69, 9.17) is 4.52 Å². The Hall–Kier alpha value is -2.38. The minimum Gasteiger partial charge on any atom is -0.355 e. The van der Waals surface area contributed by atoms with E-state index in [-0.39, 0.29) is 30.5 Å². The molecule has 0 radical (unpaired) electrons. The van der Waals surface area contributed by atoms with Gasteiger partial charge in [-0.2, -0.15) is 13.2 Å². The van der Waals surface area contributed by atoms with E-state index in [1.54, 1.807) is 31.6 Å². The highest BCUT2D eigenvalue weighted by atomic mass is 19.4. The lowest BCUT2D eigenvalue weighted by atomic mass is 9.85. The summed E-state index contributed by atoms with van der Waals surface area (Å²) in [5, 5.41) is 3.79. The number of hydrogen-bond donors (Lipinski definition) is 0. The van der Waals surface area contributed by atoms with Gasteiger partial charge in [0, 0.05) is 37.1 Å². The number of carbonyl (C=O) groups excluding carboxylic acids is 1. The first-order chi connectivity index (χ1) is 11.9. The quantitative estimate of drug-likeness (QED) is 0.839. The van der Waals surface area contributed by atoms with Crippen LogP contribution in [0, 0.1) is 5.92 Å². The highest BCUT2D eigenvalue weighted by Crippen LogP contribution is 2.38. The molecule has 2 aromatic rings. The zero-order valence-electron chi connectivity index (χ0n) is 13.7. The van der Waals surface area contributed by atoms with E-state index in [0.717, 1.165) is 0 Å². The molecule has 25 heavy (non-hydrogen) atoms. The molecule has 0 unspecified atom stereocenters. The third kappa shape index (κ3) is 3.83. The van der Waals surface area contributed by atoms with Crippen molar-refractivity contribution in [3.63, 3.8) is 0 Å². The second kappa shape index (κ2) is 6.85. The van der Waals surface area contributed by atoms with Gasteiger partial charge in [-0.05, 0) is 37.8 Å². The summed E-state index contributed by atoms with van der Waals surface area (Å²) in [7, 11) is 1.60. The summed E-state index contributed by atoms with van der Waals surface area (Å²) in [6, 6.07) is 4.83. The standard InChI is InChI=1S/C17H18F3N3O2/c1-23(13-6-4-12(5-7-13)17(18,19)20)16(24)14-9-15(25-22-14)11-3-2-8-21-10-11/h2-3,8-10,12-13H,4-7H2,1H3. The van der Waals surface area contributed by atoms with Crippen LogP contribution in [-0.4, -0.2) is 40.2 Å². The molecule has 1 saturated carbocycles. The van der Waals surface area contributed by atoms with Gasteiger partial charge in [-0.3, -0.25) is 9.78 Å². The fourth-order valence-electron chi connectivity index (χ4n) is 3.16. The molecule has 0 N–H and O–H groups in total. The molecule has 2 aromatic heterocycles. The zero-order valence-corrected chi connectivity index (χ0v) is 13.7. The Bertz CT molecular complexity index is 722. The number of alkyl halides is 3. The average molecular weight is 353 g/mol. The van der Waals surface area contributed by atoms with E-state index in [0.29, 0.717) is 24.2 Å². The van der Waals surface area contributed by atoms with Crippen LogP contribution in [0.5, 0.6) is 0 Å². The van der Waals surface area contributed by atoms with E-state index >= 15 is 0 Å². The lowest BCUT2D eigenvalue weighted by molar-refractivity contribution is -0.183. The highest BCUT2D eigenvalue weighted by molar-refractivity contribution is 5.93. The second-order valence-corrected chi connectivity index (χ2v) is 6.28. The third-order valence-electron chi connectivity index (χ3n) is 4.70. The molecule has 0 spiro atoms. The Labute approximate surface area is 142 Å². The summed E-state index contributed by atoms with van der Waals surface area (Å²) in [6.45, 7) is 0. The molecule has 1 fully saturated rings. The van der Waals surface area contributed by atoms with Crippen molar-refractivity contribution < 1.29 is 22.5 Å². The van der Waals surface area contributed by atoms with Crippen LogP contribution < -0.4 is 0 Å². The predicted molar refractivity (Wildman–Crippen MR) is 83.6 cm³/mol. The summed E-state index contributed by atoms with van der Waals surface area (Å²) in [4.78, 5) is 18.0. The van der Waals surface area contributed by atoms with Crippen molar-refractivity contribution in [2.45, 2.75) is 37.9 Å². The first-order valence-electron chi connectivity index (χ1n) is 8.07. The summed E-state index contributed by atoms with van der Waals surface area (Å²) < 4.78 is 43.4. The van der Waals surface area contributed by atoms with Crippen LogP contribution in [0.15, 0.2) is 35.1 Å². The molecule has 0 aliphatic heterocycles. The van der Waals surface area contributed by atoms with E-state index in [2.05, 4.69) is 10.1 Å². The average Bonchev–Trinajstić information content (AvgIpc) is 3.11. The van der Waals surface area contributed by atoms with Gasteiger partial charge in [-0.15, -0.1) is 0 Å². The highest BCUT2D eigenvalue weighted by Gasteiger charge is 2.42. The summed E-state index contributed by atoms with van der Waals surface area (Å²) in [5.74, 6) is -1.20. The van der Waals surface area contributed by atoms with Gasteiger partial charge in [0.05, 0.1) is 5.92 Å². The first kappa shape index (κ1) is 17.4. The second-order valence-electron chi connectivity index (χ2n) is 6.28. The Morgan fingerprint density at radius 3 is 2.60 bits per heavy atom. The number of pyridine rings is 1. The summed E-state index contributed by atoms with van der Waals surface area (Å²) >= 11 is 0. The van der Waals surface area contributed by atoms with Crippen molar-refractivity contribution in [3.8, 4) is 11.3 Å².